The first-order chi connectivity index (χ1) is 14.3. The lowest BCUT2D eigenvalue weighted by Gasteiger charge is -2.30. The molecule has 2 bridgehead atoms. The zero-order chi connectivity index (χ0) is 19.2. The average molecular weight is 387 g/mol. The van der Waals surface area contributed by atoms with Crippen LogP contribution in [-0.4, -0.2) is 39.5 Å². The van der Waals surface area contributed by atoms with Gasteiger partial charge in [0, 0.05) is 54.1 Å². The van der Waals surface area contributed by atoms with E-state index in [2.05, 4.69) is 46.1 Å². The molecule has 2 N–H and O–H groups in total. The van der Waals surface area contributed by atoms with Gasteiger partial charge in [-0.2, -0.15) is 5.10 Å². The second-order valence-electron chi connectivity index (χ2n) is 8.37. The molecule has 0 spiro atoms. The van der Waals surface area contributed by atoms with Crippen molar-refractivity contribution in [3.63, 3.8) is 0 Å². The number of ether oxygens (including phenoxy) is 1. The number of nitrogens with zero attached hydrogens (tertiary/aromatic N) is 3. The maximum Gasteiger partial charge on any atom is 0.129 e. The second kappa shape index (κ2) is 6.88. The van der Waals surface area contributed by atoms with Crippen molar-refractivity contribution in [2.24, 2.45) is 0 Å². The highest BCUT2D eigenvalue weighted by Crippen LogP contribution is 2.37. The summed E-state index contributed by atoms with van der Waals surface area (Å²) in [6.45, 7) is 0.635. The molecule has 2 atom stereocenters. The molecule has 0 saturated carbocycles. The number of benzene rings is 1. The lowest BCUT2D eigenvalue weighted by atomic mass is 9.99. The van der Waals surface area contributed by atoms with Crippen molar-refractivity contribution in [2.45, 2.75) is 50.2 Å². The predicted molar refractivity (Wildman–Crippen MR) is 113 cm³/mol. The van der Waals surface area contributed by atoms with Gasteiger partial charge in [-0.1, -0.05) is 0 Å². The van der Waals surface area contributed by atoms with E-state index in [1.807, 2.05) is 16.9 Å². The minimum atomic E-state index is 0.519. The van der Waals surface area contributed by atoms with E-state index in [4.69, 9.17) is 9.72 Å². The Balaban J connectivity index is 1.28. The maximum absolute atomic E-state index is 6.09. The lowest BCUT2D eigenvalue weighted by Crippen LogP contribution is -2.43. The van der Waals surface area contributed by atoms with E-state index in [0.29, 0.717) is 24.7 Å². The zero-order valence-corrected chi connectivity index (χ0v) is 16.3. The van der Waals surface area contributed by atoms with Gasteiger partial charge in [0.05, 0.1) is 18.0 Å². The summed E-state index contributed by atoms with van der Waals surface area (Å²) in [5, 5.41) is 11.7. The van der Waals surface area contributed by atoms with E-state index < -0.39 is 0 Å². The Bertz CT molecular complexity index is 1020. The Morgan fingerprint density at radius 3 is 2.76 bits per heavy atom. The Labute approximate surface area is 170 Å². The molecule has 29 heavy (non-hydrogen) atoms. The van der Waals surface area contributed by atoms with Crippen molar-refractivity contribution >= 4 is 5.82 Å². The fourth-order valence-electron chi connectivity index (χ4n) is 5.08. The third-order valence-electron chi connectivity index (χ3n) is 6.42. The molecule has 3 aliphatic heterocycles. The summed E-state index contributed by atoms with van der Waals surface area (Å²) >= 11 is 0. The first-order valence-corrected chi connectivity index (χ1v) is 10.6. The fraction of sp³-hybridized carbons (Fsp3) is 0.391. The Morgan fingerprint density at radius 1 is 1.07 bits per heavy atom. The molecule has 6 heteroatoms. The molecule has 1 aromatic carbocycles. The molecule has 2 saturated heterocycles. The van der Waals surface area contributed by atoms with Gasteiger partial charge in [0.1, 0.15) is 11.6 Å². The van der Waals surface area contributed by atoms with Crippen molar-refractivity contribution in [3.05, 3.63) is 54.5 Å². The van der Waals surface area contributed by atoms with Crippen LogP contribution in [0.1, 0.15) is 31.4 Å². The summed E-state index contributed by atoms with van der Waals surface area (Å²) in [6.07, 6.45) is 9.56. The van der Waals surface area contributed by atoms with Crippen molar-refractivity contribution in [1.82, 2.24) is 20.1 Å². The van der Waals surface area contributed by atoms with Gasteiger partial charge in [0.2, 0.25) is 0 Å². The number of anilines is 1. The Hall–Kier alpha value is -2.86. The topological polar surface area (TPSA) is 64.0 Å². The summed E-state index contributed by atoms with van der Waals surface area (Å²) in [5.74, 6) is 1.89. The van der Waals surface area contributed by atoms with Crippen LogP contribution in [0.15, 0.2) is 48.8 Å². The van der Waals surface area contributed by atoms with Crippen LogP contribution in [0, 0.1) is 0 Å². The molecule has 3 aromatic rings. The molecular formula is C23H25N5O. The van der Waals surface area contributed by atoms with Gasteiger partial charge in [0.15, 0.2) is 0 Å². The number of hydrogen-bond donors (Lipinski definition) is 2. The third-order valence-corrected chi connectivity index (χ3v) is 6.42. The van der Waals surface area contributed by atoms with Crippen LogP contribution in [0.25, 0.3) is 16.8 Å². The van der Waals surface area contributed by atoms with E-state index >= 15 is 0 Å². The summed E-state index contributed by atoms with van der Waals surface area (Å²) in [5.41, 5.74) is 4.38. The van der Waals surface area contributed by atoms with E-state index in [1.54, 1.807) is 6.20 Å². The number of pyridine rings is 1. The third kappa shape index (κ3) is 3.17. The fourth-order valence-corrected chi connectivity index (χ4v) is 5.08. The first kappa shape index (κ1) is 17.0. The van der Waals surface area contributed by atoms with E-state index in [-0.39, 0.29) is 0 Å². The van der Waals surface area contributed by atoms with Gasteiger partial charge in [0.25, 0.3) is 0 Å². The van der Waals surface area contributed by atoms with Gasteiger partial charge >= 0.3 is 0 Å². The molecule has 0 amide bonds. The number of aromatic nitrogens is 3. The van der Waals surface area contributed by atoms with Gasteiger partial charge in [-0.05, 0) is 56.0 Å². The van der Waals surface area contributed by atoms with Crippen LogP contribution < -0.4 is 15.4 Å². The number of rotatable bonds is 3. The molecule has 6 nitrogen and oxygen atoms in total. The van der Waals surface area contributed by atoms with Gasteiger partial charge in [-0.15, -0.1) is 0 Å². The number of hydrogen-bond acceptors (Lipinski definition) is 5. The highest BCUT2D eigenvalue weighted by molar-refractivity contribution is 5.75. The molecule has 0 radical (unpaired) electrons. The monoisotopic (exact) mass is 387 g/mol. The second-order valence-corrected chi connectivity index (χ2v) is 8.37. The summed E-state index contributed by atoms with van der Waals surface area (Å²) < 4.78 is 7.94. The number of nitrogens with one attached hydrogen (secondary N) is 2. The summed E-state index contributed by atoms with van der Waals surface area (Å²) in [4.78, 5) is 4.98. The SMILES string of the molecule is c1cnn(-c2ccc3c(c2)OCCc2nc(NC4CC5CCC(C4)N5)ccc2-3)c1. The standard InChI is InChI=1S/C23H25N5O/c1-9-24-28(10-1)18-4-5-20-19-6-7-23(27-21(19)8-11-29-22(20)14-18)26-17-12-15-2-3-16(13-17)25-15/h1,4-7,9-10,14-17,25H,2-3,8,11-13H2,(H,26,27). The van der Waals surface area contributed by atoms with Gasteiger partial charge in [-0.3, -0.25) is 0 Å². The van der Waals surface area contributed by atoms with Gasteiger partial charge in [-0.25, -0.2) is 9.67 Å². The minimum Gasteiger partial charge on any atom is -0.492 e. The van der Waals surface area contributed by atoms with Crippen LogP contribution in [0.5, 0.6) is 5.75 Å². The Kier molecular flexibility index (Phi) is 4.04. The van der Waals surface area contributed by atoms with Crippen molar-refractivity contribution in [1.29, 1.82) is 0 Å². The van der Waals surface area contributed by atoms with E-state index in [9.17, 15) is 0 Å². The lowest BCUT2D eigenvalue weighted by molar-refractivity contribution is 0.325. The zero-order valence-electron chi connectivity index (χ0n) is 16.3. The summed E-state index contributed by atoms with van der Waals surface area (Å²) in [6, 6.07) is 14.4. The average Bonchev–Trinajstić information content (AvgIpc) is 3.34. The van der Waals surface area contributed by atoms with Crippen LogP contribution >= 0.6 is 0 Å². The molecule has 5 heterocycles. The number of piperidine rings is 1. The van der Waals surface area contributed by atoms with Gasteiger partial charge < -0.3 is 15.4 Å². The molecular weight excluding hydrogens is 362 g/mol. The van der Waals surface area contributed by atoms with E-state index in [1.165, 1.54) is 31.2 Å². The molecule has 148 valence electrons. The van der Waals surface area contributed by atoms with E-state index in [0.717, 1.165) is 34.9 Å². The smallest absolute Gasteiger partial charge is 0.129 e. The largest absolute Gasteiger partial charge is 0.492 e. The van der Waals surface area contributed by atoms with Crippen LogP contribution in [-0.2, 0) is 6.42 Å². The molecule has 2 aromatic heterocycles. The van der Waals surface area contributed by atoms with Crippen molar-refractivity contribution < 1.29 is 4.74 Å². The van der Waals surface area contributed by atoms with Crippen LogP contribution in [0.4, 0.5) is 5.82 Å². The first-order valence-electron chi connectivity index (χ1n) is 10.6. The minimum absolute atomic E-state index is 0.519. The normalized spacial score (nSPS) is 24.9. The molecule has 2 unspecified atom stereocenters. The molecule has 0 aliphatic carbocycles. The van der Waals surface area contributed by atoms with Crippen molar-refractivity contribution in [2.75, 3.05) is 11.9 Å². The van der Waals surface area contributed by atoms with Crippen LogP contribution in [0.3, 0.4) is 0 Å². The molecule has 2 fully saturated rings. The summed E-state index contributed by atoms with van der Waals surface area (Å²) in [7, 11) is 0. The molecule has 3 aliphatic rings. The quantitative estimate of drug-likeness (QED) is 0.719. The van der Waals surface area contributed by atoms with Crippen molar-refractivity contribution in [3.8, 4) is 22.6 Å². The number of fused-ring (bicyclic) bond motifs is 5. The highest BCUT2D eigenvalue weighted by atomic mass is 16.5. The highest BCUT2D eigenvalue weighted by Gasteiger charge is 2.33. The molecule has 6 rings (SSSR count). The maximum atomic E-state index is 6.09. The van der Waals surface area contributed by atoms with Crippen LogP contribution in [0.2, 0.25) is 0 Å². The Morgan fingerprint density at radius 2 is 1.93 bits per heavy atom. The predicted octanol–water partition coefficient (Wildman–Crippen LogP) is 3.56.